The van der Waals surface area contributed by atoms with E-state index in [1.54, 1.807) is 12.1 Å². The van der Waals surface area contributed by atoms with Gasteiger partial charge in [-0.05, 0) is 37.4 Å². The Labute approximate surface area is 132 Å². The van der Waals surface area contributed by atoms with E-state index in [1.165, 1.54) is 0 Å². The van der Waals surface area contributed by atoms with Crippen LogP contribution < -0.4 is 16.3 Å². The van der Waals surface area contributed by atoms with Crippen molar-refractivity contribution in [3.8, 4) is 0 Å². The number of rotatable bonds is 10. The summed E-state index contributed by atoms with van der Waals surface area (Å²) in [6.45, 7) is 7.60. The van der Waals surface area contributed by atoms with E-state index in [9.17, 15) is 9.59 Å². The summed E-state index contributed by atoms with van der Waals surface area (Å²) < 4.78 is 5.20. The van der Waals surface area contributed by atoms with Crippen molar-refractivity contribution < 1.29 is 9.21 Å². The highest BCUT2D eigenvalue weighted by molar-refractivity contribution is 5.93. The van der Waals surface area contributed by atoms with Crippen molar-refractivity contribution in [1.82, 2.24) is 10.6 Å². The predicted molar refractivity (Wildman–Crippen MR) is 88.0 cm³/mol. The average Bonchev–Trinajstić information content (AvgIpc) is 2.46. The zero-order chi connectivity index (χ0) is 16.4. The van der Waals surface area contributed by atoms with E-state index >= 15 is 0 Å². The largest absolute Gasteiger partial charge is 0.427 e. The molecule has 1 rings (SSSR count). The van der Waals surface area contributed by atoms with Gasteiger partial charge in [0, 0.05) is 6.42 Å². The van der Waals surface area contributed by atoms with Crippen molar-refractivity contribution in [2.24, 2.45) is 5.92 Å². The second-order valence-electron chi connectivity index (χ2n) is 5.93. The van der Waals surface area contributed by atoms with Crippen LogP contribution in [0.3, 0.4) is 0 Å². The van der Waals surface area contributed by atoms with Crippen LogP contribution in [0.4, 0.5) is 0 Å². The van der Waals surface area contributed by atoms with E-state index in [0.717, 1.165) is 38.6 Å². The van der Waals surface area contributed by atoms with Gasteiger partial charge in [-0.1, -0.05) is 33.6 Å². The van der Waals surface area contributed by atoms with Gasteiger partial charge in [0.15, 0.2) is 0 Å². The van der Waals surface area contributed by atoms with Crippen molar-refractivity contribution >= 4 is 5.91 Å². The maximum Gasteiger partial charge on any atom is 0.348 e. The highest BCUT2D eigenvalue weighted by Gasteiger charge is 2.12. The van der Waals surface area contributed by atoms with Crippen LogP contribution in [-0.4, -0.2) is 19.1 Å². The molecule has 0 saturated heterocycles. The number of aryl methyl sites for hydroxylation is 1. The molecular formula is C17H28N2O3. The molecule has 0 saturated carbocycles. The van der Waals surface area contributed by atoms with E-state index in [-0.39, 0.29) is 5.56 Å². The van der Waals surface area contributed by atoms with E-state index in [2.05, 4.69) is 31.4 Å². The van der Waals surface area contributed by atoms with E-state index in [1.807, 2.05) is 0 Å². The van der Waals surface area contributed by atoms with Crippen molar-refractivity contribution in [2.45, 2.75) is 52.9 Å². The summed E-state index contributed by atoms with van der Waals surface area (Å²) in [6.07, 6.45) is 5.00. The van der Waals surface area contributed by atoms with E-state index in [0.29, 0.717) is 18.3 Å². The van der Waals surface area contributed by atoms with Crippen molar-refractivity contribution in [1.29, 1.82) is 0 Å². The topological polar surface area (TPSA) is 71.3 Å². The Balaban J connectivity index is 2.43. The SMILES string of the molecule is CCCCCc1ccc(C(=O)NCNCCC(C)C)c(=O)o1. The Morgan fingerprint density at radius 2 is 2.05 bits per heavy atom. The summed E-state index contributed by atoms with van der Waals surface area (Å²) in [5.74, 6) is 0.867. The van der Waals surface area contributed by atoms with Gasteiger partial charge < -0.3 is 9.73 Å². The first kappa shape index (κ1) is 18.4. The number of nitrogens with one attached hydrogen (secondary N) is 2. The Bertz CT molecular complexity index is 509. The minimum absolute atomic E-state index is 0.0601. The lowest BCUT2D eigenvalue weighted by molar-refractivity contribution is 0.0946. The van der Waals surface area contributed by atoms with E-state index < -0.39 is 11.5 Å². The lowest BCUT2D eigenvalue weighted by Crippen LogP contribution is -2.36. The van der Waals surface area contributed by atoms with Gasteiger partial charge >= 0.3 is 5.63 Å². The van der Waals surface area contributed by atoms with Crippen LogP contribution in [-0.2, 0) is 6.42 Å². The molecule has 0 unspecified atom stereocenters. The predicted octanol–water partition coefficient (Wildman–Crippen LogP) is 2.70. The highest BCUT2D eigenvalue weighted by Crippen LogP contribution is 2.05. The van der Waals surface area contributed by atoms with Gasteiger partial charge in [-0.3, -0.25) is 10.1 Å². The molecule has 5 nitrogen and oxygen atoms in total. The van der Waals surface area contributed by atoms with E-state index in [4.69, 9.17) is 4.42 Å². The minimum Gasteiger partial charge on any atom is -0.427 e. The average molecular weight is 308 g/mol. The Kier molecular flexibility index (Phi) is 8.51. The summed E-state index contributed by atoms with van der Waals surface area (Å²) in [5.41, 5.74) is -0.501. The quantitative estimate of drug-likeness (QED) is 0.515. The van der Waals surface area contributed by atoms with Crippen LogP contribution >= 0.6 is 0 Å². The van der Waals surface area contributed by atoms with Gasteiger partial charge in [-0.2, -0.15) is 0 Å². The van der Waals surface area contributed by atoms with Crippen LogP contribution in [0.25, 0.3) is 0 Å². The number of carbonyl (C=O) groups is 1. The first-order valence-corrected chi connectivity index (χ1v) is 8.16. The third-order valence-electron chi connectivity index (χ3n) is 3.42. The normalized spacial score (nSPS) is 10.9. The van der Waals surface area contributed by atoms with Gasteiger partial charge in [0.2, 0.25) is 0 Å². The van der Waals surface area contributed by atoms with Crippen LogP contribution in [0.2, 0.25) is 0 Å². The molecule has 1 aromatic rings. The summed E-state index contributed by atoms with van der Waals surface area (Å²) >= 11 is 0. The minimum atomic E-state index is -0.561. The standard InChI is InChI=1S/C17H28N2O3/c1-4-5-6-7-14-8-9-15(17(21)22-14)16(20)19-12-18-11-10-13(2)3/h8-9,13,18H,4-7,10-12H2,1-3H3,(H,19,20). The fourth-order valence-corrected chi connectivity index (χ4v) is 2.02. The zero-order valence-corrected chi connectivity index (χ0v) is 13.9. The second-order valence-corrected chi connectivity index (χ2v) is 5.93. The molecule has 0 aliphatic rings. The molecule has 1 aromatic heterocycles. The van der Waals surface area contributed by atoms with Gasteiger partial charge in [0.1, 0.15) is 11.3 Å². The molecule has 5 heteroatoms. The first-order valence-electron chi connectivity index (χ1n) is 8.16. The third-order valence-corrected chi connectivity index (χ3v) is 3.42. The number of carbonyl (C=O) groups excluding carboxylic acids is 1. The second kappa shape index (κ2) is 10.2. The molecule has 0 spiro atoms. The summed E-state index contributed by atoms with van der Waals surface area (Å²) in [7, 11) is 0. The third kappa shape index (κ3) is 6.89. The Hall–Kier alpha value is -1.62. The molecule has 0 bridgehead atoms. The van der Waals surface area contributed by atoms with Gasteiger partial charge in [0.05, 0.1) is 6.67 Å². The van der Waals surface area contributed by atoms with Crippen molar-refractivity contribution in [3.63, 3.8) is 0 Å². The van der Waals surface area contributed by atoms with Crippen LogP contribution in [0.1, 0.15) is 62.6 Å². The number of hydrogen-bond acceptors (Lipinski definition) is 4. The fourth-order valence-electron chi connectivity index (χ4n) is 2.02. The molecule has 0 aliphatic heterocycles. The molecule has 124 valence electrons. The maximum atomic E-state index is 11.9. The Morgan fingerprint density at radius 3 is 2.68 bits per heavy atom. The molecule has 0 aliphatic carbocycles. The summed E-state index contributed by atoms with van der Waals surface area (Å²) in [5, 5.41) is 5.79. The number of hydrogen-bond donors (Lipinski definition) is 2. The molecule has 0 radical (unpaired) electrons. The highest BCUT2D eigenvalue weighted by atomic mass is 16.4. The molecule has 1 amide bonds. The monoisotopic (exact) mass is 308 g/mol. The fraction of sp³-hybridized carbons (Fsp3) is 0.647. The van der Waals surface area contributed by atoms with Crippen molar-refractivity contribution in [3.05, 3.63) is 33.9 Å². The number of unbranched alkanes of at least 4 members (excludes halogenated alkanes) is 2. The lowest BCUT2D eigenvalue weighted by atomic mass is 10.1. The molecular weight excluding hydrogens is 280 g/mol. The smallest absolute Gasteiger partial charge is 0.348 e. The van der Waals surface area contributed by atoms with Crippen LogP contribution in [0, 0.1) is 5.92 Å². The van der Waals surface area contributed by atoms with Gasteiger partial charge in [-0.15, -0.1) is 0 Å². The van der Waals surface area contributed by atoms with Crippen molar-refractivity contribution in [2.75, 3.05) is 13.2 Å². The molecule has 0 atom stereocenters. The Morgan fingerprint density at radius 1 is 1.27 bits per heavy atom. The zero-order valence-electron chi connectivity index (χ0n) is 13.9. The summed E-state index contributed by atoms with van der Waals surface area (Å²) in [4.78, 5) is 23.8. The molecule has 2 N–H and O–H groups in total. The van der Waals surface area contributed by atoms with Crippen LogP contribution in [0.5, 0.6) is 0 Å². The lowest BCUT2D eigenvalue weighted by Gasteiger charge is -2.08. The molecule has 22 heavy (non-hydrogen) atoms. The number of amides is 1. The van der Waals surface area contributed by atoms with Gasteiger partial charge in [-0.25, -0.2) is 4.79 Å². The molecule has 0 aromatic carbocycles. The molecule has 1 heterocycles. The van der Waals surface area contributed by atoms with Gasteiger partial charge in [0.25, 0.3) is 5.91 Å². The molecule has 0 fully saturated rings. The summed E-state index contributed by atoms with van der Waals surface area (Å²) in [6, 6.07) is 3.27. The van der Waals surface area contributed by atoms with Crippen LogP contribution in [0.15, 0.2) is 21.3 Å². The maximum absolute atomic E-state index is 11.9. The first-order chi connectivity index (χ1) is 10.5.